The van der Waals surface area contributed by atoms with Crippen molar-refractivity contribution in [2.45, 2.75) is 59.1 Å². The predicted octanol–water partition coefficient (Wildman–Crippen LogP) is 1.68. The Morgan fingerprint density at radius 1 is 1.03 bits per heavy atom. The molecular weight excluding hydrogens is 382 g/mol. The molecule has 0 fully saturated rings. The van der Waals surface area contributed by atoms with Gasteiger partial charge in [0.05, 0.1) is 0 Å². The van der Waals surface area contributed by atoms with Gasteiger partial charge in [-0.1, -0.05) is 13.0 Å². The lowest BCUT2D eigenvalue weighted by Crippen LogP contribution is -2.37. The van der Waals surface area contributed by atoms with E-state index in [0.717, 1.165) is 0 Å². The van der Waals surface area contributed by atoms with Crippen LogP contribution in [0.3, 0.4) is 0 Å². The Morgan fingerprint density at radius 3 is 2.24 bits per heavy atom. The van der Waals surface area contributed by atoms with Crippen molar-refractivity contribution in [3.05, 3.63) is 23.8 Å². The van der Waals surface area contributed by atoms with Gasteiger partial charge < -0.3 is 24.7 Å². The minimum atomic E-state index is -0.992. The fourth-order valence-electron chi connectivity index (χ4n) is 2.30. The maximum absolute atomic E-state index is 12.2. The molecule has 2 atom stereocenters. The molecule has 1 rings (SSSR count). The molecule has 29 heavy (non-hydrogen) atoms. The van der Waals surface area contributed by atoms with E-state index in [-0.39, 0.29) is 30.5 Å². The van der Waals surface area contributed by atoms with Gasteiger partial charge in [0.15, 0.2) is 11.5 Å². The second-order valence-electron chi connectivity index (χ2n) is 6.46. The van der Waals surface area contributed by atoms with E-state index in [9.17, 15) is 19.2 Å². The number of ether oxygens (including phenoxy) is 4. The van der Waals surface area contributed by atoms with Gasteiger partial charge in [0.25, 0.3) is 0 Å². The molecule has 0 aliphatic heterocycles. The van der Waals surface area contributed by atoms with Gasteiger partial charge in [0, 0.05) is 20.3 Å². The first-order chi connectivity index (χ1) is 13.6. The molecule has 0 saturated heterocycles. The van der Waals surface area contributed by atoms with Crippen molar-refractivity contribution in [1.82, 2.24) is 0 Å². The Hall–Kier alpha value is -2.94. The average molecular weight is 409 g/mol. The minimum absolute atomic E-state index is 0.0435. The summed E-state index contributed by atoms with van der Waals surface area (Å²) in [5.74, 6) is -2.06. The summed E-state index contributed by atoms with van der Waals surface area (Å²) in [6.45, 7) is 5.83. The minimum Gasteiger partial charge on any atom is -0.462 e. The van der Waals surface area contributed by atoms with Gasteiger partial charge in [-0.25, -0.2) is 0 Å². The maximum Gasteiger partial charge on any atom is 0.323 e. The molecule has 1 aromatic rings. The van der Waals surface area contributed by atoms with Crippen molar-refractivity contribution < 1.29 is 38.1 Å². The molecule has 0 saturated carbocycles. The Kier molecular flexibility index (Phi) is 9.81. The molecule has 0 bridgehead atoms. The zero-order chi connectivity index (χ0) is 22.0. The van der Waals surface area contributed by atoms with E-state index in [0.29, 0.717) is 18.4 Å². The SMILES string of the molecule is CCCC(=O)OC[C@H](C)OC(=O)[C@@H](N)Cc1ccc(OC(C)=O)c(OC(C)=O)c1. The molecule has 9 nitrogen and oxygen atoms in total. The second-order valence-corrected chi connectivity index (χ2v) is 6.46. The number of rotatable bonds is 10. The lowest BCUT2D eigenvalue weighted by atomic mass is 10.1. The van der Waals surface area contributed by atoms with Crippen molar-refractivity contribution >= 4 is 23.9 Å². The first-order valence-electron chi connectivity index (χ1n) is 9.23. The van der Waals surface area contributed by atoms with Crippen LogP contribution in [-0.4, -0.2) is 42.6 Å². The molecule has 0 radical (unpaired) electrons. The molecule has 0 aliphatic rings. The highest BCUT2D eigenvalue weighted by molar-refractivity contribution is 5.76. The highest BCUT2D eigenvalue weighted by atomic mass is 16.6. The highest BCUT2D eigenvalue weighted by Crippen LogP contribution is 2.29. The fraction of sp³-hybridized carbons (Fsp3) is 0.500. The van der Waals surface area contributed by atoms with Crippen LogP contribution in [0.4, 0.5) is 0 Å². The van der Waals surface area contributed by atoms with Crippen molar-refractivity contribution in [2.75, 3.05) is 6.61 Å². The Balaban J connectivity index is 2.70. The van der Waals surface area contributed by atoms with Crippen LogP contribution >= 0.6 is 0 Å². The lowest BCUT2D eigenvalue weighted by Gasteiger charge is -2.17. The van der Waals surface area contributed by atoms with Crippen molar-refractivity contribution in [3.63, 3.8) is 0 Å². The summed E-state index contributed by atoms with van der Waals surface area (Å²) in [4.78, 5) is 45.9. The standard InChI is InChI=1S/C20H27NO8/c1-5-6-19(24)26-11-12(2)27-20(25)16(21)9-15-7-8-17(28-13(3)22)18(10-15)29-14(4)23/h7-8,10,12,16H,5-6,9,11,21H2,1-4H3/t12-,16-/m0/s1. The van der Waals surface area contributed by atoms with Gasteiger partial charge in [-0.15, -0.1) is 0 Å². The molecular formula is C20H27NO8. The monoisotopic (exact) mass is 409 g/mol. The van der Waals surface area contributed by atoms with E-state index in [1.807, 2.05) is 6.92 Å². The lowest BCUT2D eigenvalue weighted by molar-refractivity contribution is -0.159. The van der Waals surface area contributed by atoms with Gasteiger partial charge >= 0.3 is 23.9 Å². The Bertz CT molecular complexity index is 746. The number of nitrogens with two attached hydrogens (primary N) is 1. The largest absolute Gasteiger partial charge is 0.462 e. The third kappa shape index (κ3) is 9.20. The van der Waals surface area contributed by atoms with Crippen LogP contribution in [0.1, 0.15) is 46.1 Å². The molecule has 0 aliphatic carbocycles. The summed E-state index contributed by atoms with van der Waals surface area (Å²) in [7, 11) is 0. The molecule has 2 N–H and O–H groups in total. The highest BCUT2D eigenvalue weighted by Gasteiger charge is 2.21. The number of hydrogen-bond acceptors (Lipinski definition) is 9. The topological polar surface area (TPSA) is 131 Å². The van der Waals surface area contributed by atoms with Gasteiger partial charge in [-0.3, -0.25) is 19.2 Å². The third-order valence-electron chi connectivity index (χ3n) is 3.52. The molecule has 9 heteroatoms. The second kappa shape index (κ2) is 11.8. The van der Waals surface area contributed by atoms with Gasteiger partial charge in [0.2, 0.25) is 0 Å². The van der Waals surface area contributed by atoms with Crippen LogP contribution in [0.25, 0.3) is 0 Å². The van der Waals surface area contributed by atoms with E-state index in [1.54, 1.807) is 13.0 Å². The number of benzene rings is 1. The van der Waals surface area contributed by atoms with Crippen molar-refractivity contribution in [2.24, 2.45) is 5.73 Å². The number of carbonyl (C=O) groups is 4. The van der Waals surface area contributed by atoms with Crippen LogP contribution in [0, 0.1) is 0 Å². The summed E-state index contributed by atoms with van der Waals surface area (Å²) in [6.07, 6.45) is 0.422. The van der Waals surface area contributed by atoms with Crippen LogP contribution in [0.2, 0.25) is 0 Å². The summed E-state index contributed by atoms with van der Waals surface area (Å²) < 4.78 is 20.2. The van der Waals surface area contributed by atoms with E-state index >= 15 is 0 Å². The Labute approximate surface area is 169 Å². The number of hydrogen-bond donors (Lipinski definition) is 1. The summed E-state index contributed by atoms with van der Waals surface area (Å²) in [5.41, 5.74) is 6.47. The normalized spacial score (nSPS) is 12.4. The summed E-state index contributed by atoms with van der Waals surface area (Å²) in [6, 6.07) is 3.51. The zero-order valence-electron chi connectivity index (χ0n) is 17.1. The maximum atomic E-state index is 12.2. The van der Waals surface area contributed by atoms with E-state index in [2.05, 4.69) is 0 Å². The molecule has 0 spiro atoms. The number of esters is 4. The molecule has 0 heterocycles. The van der Waals surface area contributed by atoms with E-state index in [1.165, 1.54) is 26.0 Å². The first-order valence-corrected chi connectivity index (χ1v) is 9.23. The summed E-state index contributed by atoms with van der Waals surface area (Å²) in [5, 5.41) is 0. The first kappa shape index (κ1) is 24.1. The van der Waals surface area contributed by atoms with Crippen LogP contribution < -0.4 is 15.2 Å². The Morgan fingerprint density at radius 2 is 1.66 bits per heavy atom. The van der Waals surface area contributed by atoms with Crippen molar-refractivity contribution in [1.29, 1.82) is 0 Å². The molecule has 160 valence electrons. The van der Waals surface area contributed by atoms with Gasteiger partial charge in [0.1, 0.15) is 18.8 Å². The predicted molar refractivity (Wildman–Crippen MR) is 102 cm³/mol. The van der Waals surface area contributed by atoms with Crippen LogP contribution in [-0.2, 0) is 35.1 Å². The molecule has 1 aromatic carbocycles. The molecule has 0 unspecified atom stereocenters. The third-order valence-corrected chi connectivity index (χ3v) is 3.52. The van der Waals surface area contributed by atoms with Crippen LogP contribution in [0.15, 0.2) is 18.2 Å². The zero-order valence-corrected chi connectivity index (χ0v) is 17.1. The molecule has 0 aromatic heterocycles. The summed E-state index contributed by atoms with van der Waals surface area (Å²) >= 11 is 0. The average Bonchev–Trinajstić information content (AvgIpc) is 2.61. The van der Waals surface area contributed by atoms with E-state index < -0.39 is 30.1 Å². The number of carbonyl (C=O) groups excluding carboxylic acids is 4. The fourth-order valence-corrected chi connectivity index (χ4v) is 2.30. The quantitative estimate of drug-likeness (QED) is 0.453. The molecule has 0 amide bonds. The van der Waals surface area contributed by atoms with Crippen LogP contribution in [0.5, 0.6) is 11.5 Å². The van der Waals surface area contributed by atoms with Gasteiger partial charge in [-0.05, 0) is 37.5 Å². The van der Waals surface area contributed by atoms with Gasteiger partial charge in [-0.2, -0.15) is 0 Å². The smallest absolute Gasteiger partial charge is 0.323 e. The van der Waals surface area contributed by atoms with Crippen molar-refractivity contribution in [3.8, 4) is 11.5 Å². The van der Waals surface area contributed by atoms with E-state index in [4.69, 9.17) is 24.7 Å².